The summed E-state index contributed by atoms with van der Waals surface area (Å²) in [4.78, 5) is 25.9. The highest BCUT2D eigenvalue weighted by Crippen LogP contribution is 2.21. The van der Waals surface area contributed by atoms with Crippen LogP contribution in [0.4, 0.5) is 0 Å². The van der Waals surface area contributed by atoms with Gasteiger partial charge in [0.05, 0.1) is 5.56 Å². The molecule has 5 heteroatoms. The highest BCUT2D eigenvalue weighted by atomic mass is 16.4. The van der Waals surface area contributed by atoms with Crippen LogP contribution in [0.25, 0.3) is 0 Å². The van der Waals surface area contributed by atoms with Crippen LogP contribution in [0, 0.1) is 0 Å². The normalized spacial score (nSPS) is 15.1. The molecule has 2 aromatic carbocycles. The van der Waals surface area contributed by atoms with E-state index in [4.69, 9.17) is 5.11 Å². The summed E-state index contributed by atoms with van der Waals surface area (Å²) in [7, 11) is 0. The van der Waals surface area contributed by atoms with Gasteiger partial charge in [0.1, 0.15) is 0 Å². The van der Waals surface area contributed by atoms with E-state index < -0.39 is 5.97 Å². The van der Waals surface area contributed by atoms with Gasteiger partial charge in [0.15, 0.2) is 0 Å². The lowest BCUT2D eigenvalue weighted by Gasteiger charge is -2.35. The summed E-state index contributed by atoms with van der Waals surface area (Å²) in [6.45, 7) is 4.57. The molecule has 1 aliphatic heterocycles. The molecular weight excluding hydrogens is 328 g/mol. The number of carboxylic acid groups (broad SMARTS) is 1. The van der Waals surface area contributed by atoms with Crippen LogP contribution in [-0.4, -0.2) is 41.0 Å². The average molecular weight is 352 g/mol. The van der Waals surface area contributed by atoms with Crippen molar-refractivity contribution < 1.29 is 14.7 Å². The molecular formula is C21H24N2O3. The molecule has 5 nitrogen and oxygen atoms in total. The van der Waals surface area contributed by atoms with Crippen LogP contribution in [0.1, 0.15) is 45.2 Å². The van der Waals surface area contributed by atoms with Crippen molar-refractivity contribution in [3.63, 3.8) is 0 Å². The first-order valence-corrected chi connectivity index (χ1v) is 9.01. The van der Waals surface area contributed by atoms with Crippen molar-refractivity contribution in [2.24, 2.45) is 0 Å². The van der Waals surface area contributed by atoms with Gasteiger partial charge in [-0.1, -0.05) is 37.3 Å². The second-order valence-corrected chi connectivity index (χ2v) is 6.65. The van der Waals surface area contributed by atoms with Crippen molar-refractivity contribution in [1.29, 1.82) is 0 Å². The fourth-order valence-corrected chi connectivity index (χ4v) is 3.47. The van der Waals surface area contributed by atoms with E-state index in [-0.39, 0.29) is 17.5 Å². The molecule has 0 radical (unpaired) electrons. The van der Waals surface area contributed by atoms with Crippen molar-refractivity contribution in [1.82, 2.24) is 10.2 Å². The summed E-state index contributed by atoms with van der Waals surface area (Å²) in [6.07, 6.45) is 1.97. The molecule has 26 heavy (non-hydrogen) atoms. The quantitative estimate of drug-likeness (QED) is 0.839. The Kier molecular flexibility index (Phi) is 5.68. The van der Waals surface area contributed by atoms with Crippen LogP contribution in [0.2, 0.25) is 0 Å². The SMILES string of the molecule is CCC(CNC(=O)c1cccc(C(=O)O)c1)N1CCc2ccccc2C1. The number of nitrogens with one attached hydrogen (secondary N) is 1. The molecule has 0 aromatic heterocycles. The smallest absolute Gasteiger partial charge is 0.335 e. The summed E-state index contributed by atoms with van der Waals surface area (Å²) in [5.74, 6) is -1.26. The molecule has 0 saturated carbocycles. The first-order valence-electron chi connectivity index (χ1n) is 9.01. The topological polar surface area (TPSA) is 69.6 Å². The standard InChI is InChI=1S/C21H24N2O3/c1-2-19(23-11-10-15-6-3-4-7-18(15)14-23)13-22-20(24)16-8-5-9-17(12-16)21(25)26/h3-9,12,19H,2,10-11,13-14H2,1H3,(H,22,24)(H,25,26). The molecule has 1 amide bonds. The maximum atomic E-state index is 12.4. The van der Waals surface area contributed by atoms with Gasteiger partial charge >= 0.3 is 5.97 Å². The van der Waals surface area contributed by atoms with Crippen LogP contribution >= 0.6 is 0 Å². The lowest BCUT2D eigenvalue weighted by Crippen LogP contribution is -2.45. The fourth-order valence-electron chi connectivity index (χ4n) is 3.47. The molecule has 1 aliphatic rings. The van der Waals surface area contributed by atoms with E-state index in [2.05, 4.69) is 41.4 Å². The Labute approximate surface area is 153 Å². The van der Waals surface area contributed by atoms with E-state index in [0.29, 0.717) is 12.1 Å². The monoisotopic (exact) mass is 352 g/mol. The van der Waals surface area contributed by atoms with E-state index in [0.717, 1.165) is 25.9 Å². The van der Waals surface area contributed by atoms with Crippen LogP contribution < -0.4 is 5.32 Å². The first-order chi connectivity index (χ1) is 12.6. The van der Waals surface area contributed by atoms with E-state index >= 15 is 0 Å². The van der Waals surface area contributed by atoms with Crippen molar-refractivity contribution in [3.8, 4) is 0 Å². The molecule has 2 N–H and O–H groups in total. The van der Waals surface area contributed by atoms with Crippen molar-refractivity contribution >= 4 is 11.9 Å². The fraction of sp³-hybridized carbons (Fsp3) is 0.333. The Bertz CT molecular complexity index is 803. The minimum atomic E-state index is -1.03. The molecule has 0 saturated heterocycles. The molecule has 136 valence electrons. The summed E-state index contributed by atoms with van der Waals surface area (Å²) in [5.41, 5.74) is 3.27. The van der Waals surface area contributed by atoms with Crippen LogP contribution in [0.3, 0.4) is 0 Å². The molecule has 0 spiro atoms. The van der Waals surface area contributed by atoms with Gasteiger partial charge in [-0.2, -0.15) is 0 Å². The molecule has 0 fully saturated rings. The van der Waals surface area contributed by atoms with E-state index in [1.807, 2.05) is 0 Å². The number of carbonyl (C=O) groups is 2. The number of fused-ring (bicyclic) bond motifs is 1. The second-order valence-electron chi connectivity index (χ2n) is 6.65. The maximum absolute atomic E-state index is 12.4. The van der Waals surface area contributed by atoms with Gasteiger partial charge in [-0.25, -0.2) is 4.79 Å². The number of hydrogen-bond donors (Lipinski definition) is 2. The predicted molar refractivity (Wildman–Crippen MR) is 100 cm³/mol. The van der Waals surface area contributed by atoms with Gasteiger partial charge < -0.3 is 10.4 Å². The number of nitrogens with zero attached hydrogens (tertiary/aromatic N) is 1. The molecule has 1 unspecified atom stereocenters. The number of carboxylic acids is 1. The summed E-state index contributed by atoms with van der Waals surface area (Å²) >= 11 is 0. The molecule has 0 aliphatic carbocycles. The number of benzene rings is 2. The van der Waals surface area contributed by atoms with Gasteiger partial charge in [0.2, 0.25) is 0 Å². The molecule has 2 aromatic rings. The van der Waals surface area contributed by atoms with Crippen molar-refractivity contribution in [2.45, 2.75) is 32.4 Å². The lowest BCUT2D eigenvalue weighted by atomic mass is 9.98. The Morgan fingerprint density at radius 3 is 2.58 bits per heavy atom. The molecule has 1 heterocycles. The number of hydrogen-bond acceptors (Lipinski definition) is 3. The van der Waals surface area contributed by atoms with Crippen molar-refractivity contribution in [2.75, 3.05) is 13.1 Å². The Balaban J connectivity index is 1.62. The average Bonchev–Trinajstić information content (AvgIpc) is 2.68. The molecule has 0 bridgehead atoms. The second kappa shape index (κ2) is 8.15. The molecule has 1 atom stereocenters. The highest BCUT2D eigenvalue weighted by Gasteiger charge is 2.22. The van der Waals surface area contributed by atoms with E-state index in [1.165, 1.54) is 23.3 Å². The highest BCUT2D eigenvalue weighted by molar-refractivity contribution is 5.97. The zero-order valence-corrected chi connectivity index (χ0v) is 14.9. The van der Waals surface area contributed by atoms with Gasteiger partial charge in [-0.3, -0.25) is 9.69 Å². The number of rotatable bonds is 6. The third-order valence-electron chi connectivity index (χ3n) is 5.02. The minimum absolute atomic E-state index is 0.123. The van der Waals surface area contributed by atoms with Crippen LogP contribution in [-0.2, 0) is 13.0 Å². The summed E-state index contributed by atoms with van der Waals surface area (Å²) in [6, 6.07) is 14.9. The third-order valence-corrected chi connectivity index (χ3v) is 5.02. The Hall–Kier alpha value is -2.66. The number of carbonyl (C=O) groups excluding carboxylic acids is 1. The third kappa shape index (κ3) is 4.11. The van der Waals surface area contributed by atoms with Gasteiger partial charge in [0, 0.05) is 31.2 Å². The number of aromatic carboxylic acids is 1. The zero-order valence-electron chi connectivity index (χ0n) is 14.9. The van der Waals surface area contributed by atoms with Gasteiger partial charge in [-0.15, -0.1) is 0 Å². The summed E-state index contributed by atoms with van der Waals surface area (Å²) < 4.78 is 0. The van der Waals surface area contributed by atoms with E-state index in [1.54, 1.807) is 12.1 Å². The predicted octanol–water partition coefficient (Wildman–Crippen LogP) is 2.95. The van der Waals surface area contributed by atoms with Gasteiger partial charge in [-0.05, 0) is 42.2 Å². The maximum Gasteiger partial charge on any atom is 0.335 e. The number of amides is 1. The Morgan fingerprint density at radius 1 is 1.12 bits per heavy atom. The zero-order chi connectivity index (χ0) is 18.5. The van der Waals surface area contributed by atoms with Crippen molar-refractivity contribution in [3.05, 3.63) is 70.8 Å². The largest absolute Gasteiger partial charge is 0.478 e. The summed E-state index contributed by atoms with van der Waals surface area (Å²) in [5, 5.41) is 12.0. The molecule has 3 rings (SSSR count). The first kappa shape index (κ1) is 18.1. The van der Waals surface area contributed by atoms with Crippen LogP contribution in [0.15, 0.2) is 48.5 Å². The van der Waals surface area contributed by atoms with Crippen LogP contribution in [0.5, 0.6) is 0 Å². The van der Waals surface area contributed by atoms with E-state index in [9.17, 15) is 9.59 Å². The lowest BCUT2D eigenvalue weighted by molar-refractivity contribution is 0.0697. The Morgan fingerprint density at radius 2 is 1.85 bits per heavy atom. The van der Waals surface area contributed by atoms with Gasteiger partial charge in [0.25, 0.3) is 5.91 Å². The minimum Gasteiger partial charge on any atom is -0.478 e.